The summed E-state index contributed by atoms with van der Waals surface area (Å²) in [5.74, 6) is -0.546. The van der Waals surface area contributed by atoms with Crippen molar-refractivity contribution < 1.29 is 18.0 Å². The Morgan fingerprint density at radius 2 is 1.75 bits per heavy atom. The van der Waals surface area contributed by atoms with Crippen molar-refractivity contribution in [1.82, 2.24) is 4.90 Å². The molecule has 2 aromatic rings. The highest BCUT2D eigenvalue weighted by Gasteiger charge is 2.33. The van der Waals surface area contributed by atoms with Crippen LogP contribution < -0.4 is 10.0 Å². The second-order valence-corrected chi connectivity index (χ2v) is 11.1. The average Bonchev–Trinajstić information content (AvgIpc) is 2.74. The van der Waals surface area contributed by atoms with Gasteiger partial charge in [0.05, 0.1) is 10.8 Å². The van der Waals surface area contributed by atoms with E-state index in [1.807, 2.05) is 20.8 Å². The van der Waals surface area contributed by atoms with Gasteiger partial charge in [-0.25, -0.2) is 8.42 Å². The number of anilines is 2. The van der Waals surface area contributed by atoms with E-state index in [0.29, 0.717) is 35.9 Å². The molecule has 1 saturated heterocycles. The minimum atomic E-state index is -3.84. The summed E-state index contributed by atoms with van der Waals surface area (Å²) in [4.78, 5) is 27.2. The predicted octanol–water partition coefficient (Wildman–Crippen LogP) is 4.36. The lowest BCUT2D eigenvalue weighted by atomic mass is 9.91. The van der Waals surface area contributed by atoms with E-state index in [1.165, 1.54) is 12.1 Å². The van der Waals surface area contributed by atoms with Gasteiger partial charge in [0, 0.05) is 34.9 Å². The minimum absolute atomic E-state index is 0.0244. The molecule has 3 rings (SSSR count). The fraction of sp³-hybridized carbons (Fsp3) is 0.391. The Labute approximate surface area is 194 Å². The highest BCUT2D eigenvalue weighted by molar-refractivity contribution is 7.92. The molecule has 0 saturated carbocycles. The van der Waals surface area contributed by atoms with Crippen LogP contribution in [0.4, 0.5) is 11.4 Å². The van der Waals surface area contributed by atoms with Crippen molar-refractivity contribution in [2.45, 2.75) is 38.5 Å². The molecule has 0 radical (unpaired) electrons. The first-order valence-corrected chi connectivity index (χ1v) is 12.3. The molecule has 2 aromatic carbocycles. The van der Waals surface area contributed by atoms with Crippen LogP contribution in [0.3, 0.4) is 0 Å². The normalized spacial score (nSPS) is 17.0. The van der Waals surface area contributed by atoms with Crippen LogP contribution in [0.5, 0.6) is 0 Å². The summed E-state index contributed by atoms with van der Waals surface area (Å²) in [7, 11) is -3.84. The van der Waals surface area contributed by atoms with E-state index < -0.39 is 15.4 Å². The van der Waals surface area contributed by atoms with Crippen LogP contribution >= 0.6 is 11.6 Å². The first-order chi connectivity index (χ1) is 15.0. The molecule has 7 nitrogen and oxygen atoms in total. The molecule has 9 heteroatoms. The topological polar surface area (TPSA) is 95.6 Å². The van der Waals surface area contributed by atoms with Crippen LogP contribution in [0.1, 0.15) is 33.6 Å². The number of halogens is 1. The minimum Gasteiger partial charge on any atom is -0.341 e. The lowest BCUT2D eigenvalue weighted by Gasteiger charge is -2.35. The third-order valence-electron chi connectivity index (χ3n) is 5.23. The van der Waals surface area contributed by atoms with Crippen LogP contribution in [0, 0.1) is 11.3 Å². The first-order valence-electron chi connectivity index (χ1n) is 10.4. The van der Waals surface area contributed by atoms with Gasteiger partial charge in [0.2, 0.25) is 11.8 Å². The van der Waals surface area contributed by atoms with Gasteiger partial charge in [-0.2, -0.15) is 0 Å². The Morgan fingerprint density at radius 3 is 2.41 bits per heavy atom. The van der Waals surface area contributed by atoms with Crippen molar-refractivity contribution in [3.8, 4) is 0 Å². The van der Waals surface area contributed by atoms with Crippen molar-refractivity contribution >= 4 is 44.8 Å². The maximum absolute atomic E-state index is 12.8. The Bertz CT molecular complexity index is 1090. The highest BCUT2D eigenvalue weighted by Crippen LogP contribution is 2.25. The fourth-order valence-electron chi connectivity index (χ4n) is 3.57. The molecule has 172 valence electrons. The quantitative estimate of drug-likeness (QED) is 0.668. The molecule has 1 aliphatic rings. The Balaban J connectivity index is 1.69. The van der Waals surface area contributed by atoms with Gasteiger partial charge in [0.1, 0.15) is 0 Å². The van der Waals surface area contributed by atoms with E-state index in [-0.39, 0.29) is 22.6 Å². The number of nitrogens with one attached hydrogen (secondary N) is 2. The highest BCUT2D eigenvalue weighted by atomic mass is 35.5. The lowest BCUT2D eigenvalue weighted by molar-refractivity contribution is -0.142. The third kappa shape index (κ3) is 6.01. The summed E-state index contributed by atoms with van der Waals surface area (Å²) in [6.07, 6.45) is 1.43. The third-order valence-corrected chi connectivity index (χ3v) is 6.86. The number of likely N-dealkylation sites (tertiary alicyclic amines) is 1. The molecule has 0 bridgehead atoms. The summed E-state index contributed by atoms with van der Waals surface area (Å²) in [5.41, 5.74) is 0.265. The number of rotatable bonds is 5. The van der Waals surface area contributed by atoms with Crippen molar-refractivity contribution in [2.75, 3.05) is 23.1 Å². The molecule has 1 fully saturated rings. The van der Waals surface area contributed by atoms with Crippen LogP contribution in [-0.4, -0.2) is 38.2 Å². The largest absolute Gasteiger partial charge is 0.341 e. The van der Waals surface area contributed by atoms with E-state index in [0.717, 1.165) is 6.42 Å². The van der Waals surface area contributed by atoms with Gasteiger partial charge in [0.15, 0.2) is 0 Å². The van der Waals surface area contributed by atoms with Gasteiger partial charge in [-0.15, -0.1) is 0 Å². The number of amides is 2. The summed E-state index contributed by atoms with van der Waals surface area (Å²) in [6.45, 7) is 6.59. The summed E-state index contributed by atoms with van der Waals surface area (Å²) < 4.78 is 28.0. The number of nitrogens with zero attached hydrogens (tertiary/aromatic N) is 1. The predicted molar refractivity (Wildman–Crippen MR) is 126 cm³/mol. The molecular weight excluding hydrogens is 450 g/mol. The zero-order valence-electron chi connectivity index (χ0n) is 18.4. The van der Waals surface area contributed by atoms with Gasteiger partial charge in [-0.3, -0.25) is 14.3 Å². The second kappa shape index (κ2) is 9.50. The standard InChI is InChI=1S/C23H28ClN3O4S/c1-23(2,3)22(29)27-13-5-6-16(15-27)21(28)25-19-7-4-8-20(14-19)32(30,31)26-18-11-9-17(24)10-12-18/h4,7-12,14,16,26H,5-6,13,15H2,1-3H3,(H,25,28). The number of piperidine rings is 1. The molecule has 0 aromatic heterocycles. The molecule has 1 atom stereocenters. The molecule has 1 heterocycles. The molecule has 1 unspecified atom stereocenters. The van der Waals surface area contributed by atoms with E-state index >= 15 is 0 Å². The maximum atomic E-state index is 12.8. The van der Waals surface area contributed by atoms with Crippen molar-refractivity contribution in [2.24, 2.45) is 11.3 Å². The van der Waals surface area contributed by atoms with E-state index in [2.05, 4.69) is 10.0 Å². The zero-order chi connectivity index (χ0) is 23.5. The van der Waals surface area contributed by atoms with Gasteiger partial charge < -0.3 is 10.2 Å². The van der Waals surface area contributed by atoms with Gasteiger partial charge in [0.25, 0.3) is 10.0 Å². The monoisotopic (exact) mass is 477 g/mol. The second-order valence-electron chi connectivity index (χ2n) is 8.97. The number of sulfonamides is 1. The molecule has 0 spiro atoms. The van der Waals surface area contributed by atoms with Crippen LogP contribution in [-0.2, 0) is 19.6 Å². The van der Waals surface area contributed by atoms with Crippen molar-refractivity contribution in [3.05, 3.63) is 53.6 Å². The number of hydrogen-bond donors (Lipinski definition) is 2. The summed E-state index contributed by atoms with van der Waals surface area (Å²) in [5, 5.41) is 3.31. The number of hydrogen-bond acceptors (Lipinski definition) is 4. The average molecular weight is 478 g/mol. The van der Waals surface area contributed by atoms with Crippen molar-refractivity contribution in [1.29, 1.82) is 0 Å². The van der Waals surface area contributed by atoms with Crippen LogP contribution in [0.15, 0.2) is 53.4 Å². The Hall–Kier alpha value is -2.58. The Morgan fingerprint density at radius 1 is 1.06 bits per heavy atom. The SMILES string of the molecule is CC(C)(C)C(=O)N1CCCC(C(=O)Nc2cccc(S(=O)(=O)Nc3ccc(Cl)cc3)c2)C1. The van der Waals surface area contributed by atoms with E-state index in [1.54, 1.807) is 41.3 Å². The first kappa shape index (κ1) is 24.1. The van der Waals surface area contributed by atoms with Gasteiger partial charge >= 0.3 is 0 Å². The molecule has 2 N–H and O–H groups in total. The number of benzene rings is 2. The Kier molecular flexibility index (Phi) is 7.15. The molecule has 2 amide bonds. The van der Waals surface area contributed by atoms with E-state index in [9.17, 15) is 18.0 Å². The molecule has 32 heavy (non-hydrogen) atoms. The number of carbonyl (C=O) groups excluding carboxylic acids is 2. The zero-order valence-corrected chi connectivity index (χ0v) is 20.0. The number of carbonyl (C=O) groups is 2. The van der Waals surface area contributed by atoms with Crippen molar-refractivity contribution in [3.63, 3.8) is 0 Å². The summed E-state index contributed by atoms with van der Waals surface area (Å²) >= 11 is 5.84. The van der Waals surface area contributed by atoms with Gasteiger partial charge in [-0.1, -0.05) is 38.4 Å². The molecular formula is C23H28ClN3O4S. The fourth-order valence-corrected chi connectivity index (χ4v) is 4.80. The van der Waals surface area contributed by atoms with Gasteiger partial charge in [-0.05, 0) is 55.3 Å². The van der Waals surface area contributed by atoms with E-state index in [4.69, 9.17) is 11.6 Å². The lowest BCUT2D eigenvalue weighted by Crippen LogP contribution is -2.47. The maximum Gasteiger partial charge on any atom is 0.261 e. The van der Waals surface area contributed by atoms with Crippen LogP contribution in [0.2, 0.25) is 5.02 Å². The molecule has 1 aliphatic heterocycles. The summed E-state index contributed by atoms with van der Waals surface area (Å²) in [6, 6.07) is 12.4. The molecule has 0 aliphatic carbocycles. The van der Waals surface area contributed by atoms with Crippen LogP contribution in [0.25, 0.3) is 0 Å². The smallest absolute Gasteiger partial charge is 0.261 e.